The summed E-state index contributed by atoms with van der Waals surface area (Å²) in [7, 11) is 0. The minimum absolute atomic E-state index is 0.0146. The van der Waals surface area contributed by atoms with Gasteiger partial charge in [-0.2, -0.15) is 0 Å². The predicted octanol–water partition coefficient (Wildman–Crippen LogP) is 0.661. The van der Waals surface area contributed by atoms with E-state index >= 15 is 0 Å². The molecule has 0 aliphatic carbocycles. The zero-order chi connectivity index (χ0) is 15.4. The maximum atomic E-state index is 12.2. The Morgan fingerprint density at radius 3 is 2.81 bits per heavy atom. The third-order valence-electron chi connectivity index (χ3n) is 3.43. The molecule has 1 aliphatic rings. The van der Waals surface area contributed by atoms with Gasteiger partial charge < -0.3 is 20.7 Å². The van der Waals surface area contributed by atoms with E-state index in [1.807, 2.05) is 0 Å². The summed E-state index contributed by atoms with van der Waals surface area (Å²) in [6, 6.07) is 3.70. The van der Waals surface area contributed by atoms with Gasteiger partial charge in [-0.25, -0.2) is 0 Å². The smallest absolute Gasteiger partial charge is 0.269 e. The lowest BCUT2D eigenvalue weighted by Crippen LogP contribution is -2.36. The number of aryl methyl sites for hydroxylation is 1. The summed E-state index contributed by atoms with van der Waals surface area (Å²) in [6.07, 6.45) is 0. The molecule has 0 fully saturated rings. The maximum absolute atomic E-state index is 12.2. The van der Waals surface area contributed by atoms with Gasteiger partial charge in [0, 0.05) is 23.4 Å². The van der Waals surface area contributed by atoms with E-state index < -0.39 is 16.4 Å². The van der Waals surface area contributed by atoms with Crippen LogP contribution in [0.25, 0.3) is 0 Å². The number of amides is 1. The van der Waals surface area contributed by atoms with E-state index in [2.05, 4.69) is 10.5 Å². The number of non-ortho nitro benzene ring substituents is 1. The number of nitrogen functional groups attached to an aromatic ring is 1. The van der Waals surface area contributed by atoms with E-state index in [4.69, 9.17) is 10.3 Å². The number of nitrogens with two attached hydrogens (primary N) is 1. The number of aliphatic hydroxyl groups is 1. The first-order valence-electron chi connectivity index (χ1n) is 5.90. The molecule has 3 rings (SSSR count). The number of anilines is 2. The van der Waals surface area contributed by atoms with E-state index in [1.165, 1.54) is 19.1 Å². The number of carbonyl (C=O) groups is 1. The number of nitrogens with zero attached hydrogens (tertiary/aromatic N) is 2. The van der Waals surface area contributed by atoms with Crippen molar-refractivity contribution < 1.29 is 19.3 Å². The minimum Gasteiger partial charge on any atom is -0.371 e. The van der Waals surface area contributed by atoms with Crippen molar-refractivity contribution in [2.24, 2.45) is 0 Å². The van der Waals surface area contributed by atoms with Crippen LogP contribution in [0.5, 0.6) is 0 Å². The topological polar surface area (TPSA) is 145 Å². The van der Waals surface area contributed by atoms with Crippen LogP contribution in [0.4, 0.5) is 17.3 Å². The summed E-state index contributed by atoms with van der Waals surface area (Å²) < 4.78 is 4.77. The molecule has 1 aromatic carbocycles. The summed E-state index contributed by atoms with van der Waals surface area (Å²) in [5, 5.41) is 27.8. The average Bonchev–Trinajstić information content (AvgIpc) is 2.89. The number of nitro benzene ring substituents is 1. The van der Waals surface area contributed by atoms with Crippen molar-refractivity contribution >= 4 is 23.2 Å². The lowest BCUT2D eigenvalue weighted by molar-refractivity contribution is -0.385. The number of hydrogen-bond donors (Lipinski definition) is 3. The molecule has 21 heavy (non-hydrogen) atoms. The fourth-order valence-corrected chi connectivity index (χ4v) is 2.46. The maximum Gasteiger partial charge on any atom is 0.269 e. The number of nitrogens with one attached hydrogen (secondary N) is 1. The van der Waals surface area contributed by atoms with Gasteiger partial charge in [-0.15, -0.1) is 0 Å². The molecule has 0 unspecified atom stereocenters. The van der Waals surface area contributed by atoms with Crippen LogP contribution in [0.15, 0.2) is 22.7 Å². The number of rotatable bonds is 2. The molecule has 2 aromatic rings. The predicted molar refractivity (Wildman–Crippen MR) is 70.4 cm³/mol. The van der Waals surface area contributed by atoms with Gasteiger partial charge in [0.15, 0.2) is 0 Å². The zero-order valence-corrected chi connectivity index (χ0v) is 10.8. The van der Waals surface area contributed by atoms with Crippen LogP contribution in [0.2, 0.25) is 0 Å². The number of aromatic nitrogens is 1. The third kappa shape index (κ3) is 1.61. The number of hydrogen-bond acceptors (Lipinski definition) is 7. The van der Waals surface area contributed by atoms with Gasteiger partial charge in [-0.3, -0.25) is 14.9 Å². The highest BCUT2D eigenvalue weighted by Crippen LogP contribution is 2.45. The second kappa shape index (κ2) is 4.03. The summed E-state index contributed by atoms with van der Waals surface area (Å²) in [5.41, 5.74) is 3.72. The van der Waals surface area contributed by atoms with Crippen LogP contribution >= 0.6 is 0 Å². The van der Waals surface area contributed by atoms with Crippen LogP contribution in [0.3, 0.4) is 0 Å². The minimum atomic E-state index is -2.17. The van der Waals surface area contributed by atoms with Gasteiger partial charge >= 0.3 is 0 Å². The second-order valence-electron chi connectivity index (χ2n) is 4.66. The second-order valence-corrected chi connectivity index (χ2v) is 4.66. The van der Waals surface area contributed by atoms with E-state index in [9.17, 15) is 20.0 Å². The normalized spacial score (nSPS) is 20.2. The molecule has 1 aliphatic heterocycles. The van der Waals surface area contributed by atoms with Crippen LogP contribution in [-0.2, 0) is 10.4 Å². The first-order valence-corrected chi connectivity index (χ1v) is 5.90. The lowest BCUT2D eigenvalue weighted by Gasteiger charge is -2.20. The van der Waals surface area contributed by atoms with Gasteiger partial charge in [-0.1, -0.05) is 5.16 Å². The molecule has 4 N–H and O–H groups in total. The molecule has 0 saturated carbocycles. The van der Waals surface area contributed by atoms with Crippen LogP contribution in [0, 0.1) is 17.0 Å². The summed E-state index contributed by atoms with van der Waals surface area (Å²) >= 11 is 0. The Kier molecular flexibility index (Phi) is 2.50. The molecule has 1 aromatic heterocycles. The highest BCUT2D eigenvalue weighted by Gasteiger charge is 2.51. The first-order chi connectivity index (χ1) is 9.85. The Balaban J connectivity index is 2.29. The molecule has 0 bridgehead atoms. The van der Waals surface area contributed by atoms with Gasteiger partial charge in [0.1, 0.15) is 0 Å². The number of carbonyl (C=O) groups excluding carboxylic acids is 1. The number of fused-ring (bicyclic) bond motifs is 1. The van der Waals surface area contributed by atoms with Crippen molar-refractivity contribution in [3.8, 4) is 0 Å². The molecule has 0 radical (unpaired) electrons. The van der Waals surface area contributed by atoms with Crippen molar-refractivity contribution in [1.29, 1.82) is 0 Å². The molecule has 9 nitrogen and oxygen atoms in total. The average molecular weight is 290 g/mol. The Hall–Kier alpha value is -2.94. The van der Waals surface area contributed by atoms with Crippen molar-refractivity contribution in [1.82, 2.24) is 5.16 Å². The molecule has 1 amide bonds. The van der Waals surface area contributed by atoms with Crippen molar-refractivity contribution in [2.75, 3.05) is 11.1 Å². The Labute approximate surface area is 117 Å². The molecular formula is C12H10N4O5. The van der Waals surface area contributed by atoms with Crippen molar-refractivity contribution in [3.05, 3.63) is 45.1 Å². The molecule has 0 spiro atoms. The molecular weight excluding hydrogens is 280 g/mol. The largest absolute Gasteiger partial charge is 0.371 e. The van der Waals surface area contributed by atoms with Gasteiger partial charge in [0.05, 0.1) is 16.2 Å². The van der Waals surface area contributed by atoms with Gasteiger partial charge in [0.2, 0.25) is 11.5 Å². The summed E-state index contributed by atoms with van der Waals surface area (Å²) in [4.78, 5) is 22.4. The van der Waals surface area contributed by atoms with Crippen molar-refractivity contribution in [3.63, 3.8) is 0 Å². The Bertz CT molecular complexity index is 764. The lowest BCUT2D eigenvalue weighted by atomic mass is 9.87. The molecule has 1 atom stereocenters. The van der Waals surface area contributed by atoms with E-state index in [-0.39, 0.29) is 34.1 Å². The zero-order valence-electron chi connectivity index (χ0n) is 10.8. The molecule has 108 valence electrons. The highest BCUT2D eigenvalue weighted by atomic mass is 16.6. The van der Waals surface area contributed by atoms with Crippen LogP contribution in [0.1, 0.15) is 16.8 Å². The SMILES string of the molecule is Cc1noc(N)c1[C@@]1(O)C(=O)Nc2ccc([N+](=O)[O-])cc21. The molecule has 2 heterocycles. The van der Waals surface area contributed by atoms with E-state index in [0.29, 0.717) is 0 Å². The number of nitro groups is 1. The summed E-state index contributed by atoms with van der Waals surface area (Å²) in [6.45, 7) is 1.51. The molecule has 9 heteroatoms. The molecule has 0 saturated heterocycles. The Morgan fingerprint density at radius 2 is 2.24 bits per heavy atom. The fraction of sp³-hybridized carbons (Fsp3) is 0.167. The van der Waals surface area contributed by atoms with Crippen LogP contribution in [-0.4, -0.2) is 21.1 Å². The third-order valence-corrected chi connectivity index (χ3v) is 3.43. The van der Waals surface area contributed by atoms with Crippen LogP contribution < -0.4 is 11.1 Å². The van der Waals surface area contributed by atoms with E-state index in [0.717, 1.165) is 6.07 Å². The monoisotopic (exact) mass is 290 g/mol. The Morgan fingerprint density at radius 1 is 1.52 bits per heavy atom. The first kappa shape index (κ1) is 13.1. The van der Waals surface area contributed by atoms with Gasteiger partial charge in [0.25, 0.3) is 11.6 Å². The van der Waals surface area contributed by atoms with Gasteiger partial charge in [-0.05, 0) is 13.0 Å². The van der Waals surface area contributed by atoms with E-state index in [1.54, 1.807) is 0 Å². The van der Waals surface area contributed by atoms with Crippen molar-refractivity contribution in [2.45, 2.75) is 12.5 Å². The standard InChI is InChI=1S/C12H10N4O5/c1-5-9(10(13)21-15-5)12(18)7-4-6(16(19)20)2-3-8(7)14-11(12)17/h2-4,18H,13H2,1H3,(H,14,17)/t12-/m1/s1. The fourth-order valence-electron chi connectivity index (χ4n) is 2.46. The summed E-state index contributed by atoms with van der Waals surface area (Å²) in [5.74, 6) is -0.986. The number of benzene rings is 1. The quantitative estimate of drug-likeness (QED) is 0.544. The highest BCUT2D eigenvalue weighted by molar-refractivity contribution is 6.08.